The van der Waals surface area contributed by atoms with Gasteiger partial charge in [0.1, 0.15) is 11.6 Å². The highest BCUT2D eigenvalue weighted by molar-refractivity contribution is 7.20. The lowest BCUT2D eigenvalue weighted by Gasteiger charge is -2.49. The molecular weight excluding hydrogens is 651 g/mol. The number of aliphatic hydroxyl groups excluding tert-OH is 1. The van der Waals surface area contributed by atoms with Crippen molar-refractivity contribution in [1.29, 1.82) is 0 Å². The molecule has 0 bridgehead atoms. The first kappa shape index (κ1) is 34.5. The van der Waals surface area contributed by atoms with Crippen LogP contribution in [0.5, 0.6) is 5.75 Å². The van der Waals surface area contributed by atoms with Crippen LogP contribution in [0.3, 0.4) is 0 Å². The van der Waals surface area contributed by atoms with Crippen LogP contribution < -0.4 is 20.7 Å². The molecule has 3 aliphatic rings. The number of nitrogens with zero attached hydrogens (tertiary/aromatic N) is 1. The van der Waals surface area contributed by atoms with Crippen LogP contribution in [0.15, 0.2) is 30.3 Å². The summed E-state index contributed by atoms with van der Waals surface area (Å²) in [6.45, 7) is 2.72. The fourth-order valence-corrected chi connectivity index (χ4v) is 8.24. The van der Waals surface area contributed by atoms with Gasteiger partial charge in [-0.25, -0.2) is 8.78 Å². The minimum absolute atomic E-state index is 0.0265. The van der Waals surface area contributed by atoms with E-state index < -0.39 is 25.3 Å². The third kappa shape index (κ3) is 8.10. The van der Waals surface area contributed by atoms with E-state index in [1.165, 1.54) is 30.2 Å². The summed E-state index contributed by atoms with van der Waals surface area (Å²) in [4.78, 5) is 2.96. The van der Waals surface area contributed by atoms with Crippen LogP contribution in [0.4, 0.5) is 39.0 Å². The number of ether oxygens (including phenoxy) is 2. The van der Waals surface area contributed by atoms with Crippen LogP contribution in [0.2, 0.25) is 0 Å². The fourth-order valence-electron chi connectivity index (χ4n) is 7.07. The van der Waals surface area contributed by atoms with E-state index in [9.17, 15) is 22.0 Å². The lowest BCUT2D eigenvalue weighted by atomic mass is 9.76. The Labute approximate surface area is 281 Å². The Hall–Kier alpha value is -3.31. The first-order valence-corrected chi connectivity index (χ1v) is 17.3. The quantitative estimate of drug-likeness (QED) is 0.126. The van der Waals surface area contributed by atoms with E-state index in [1.807, 2.05) is 6.07 Å². The number of alkyl halides is 4. The van der Waals surface area contributed by atoms with E-state index >= 15 is 0 Å². The largest absolute Gasteiger partial charge is 0.461 e. The van der Waals surface area contributed by atoms with Crippen molar-refractivity contribution in [1.82, 2.24) is 4.90 Å². The lowest BCUT2D eigenvalue weighted by Crippen LogP contribution is -2.53. The molecule has 260 valence electrons. The Balaban J connectivity index is 1.14. The van der Waals surface area contributed by atoms with E-state index in [4.69, 9.17) is 14.6 Å². The van der Waals surface area contributed by atoms with Crippen molar-refractivity contribution in [2.24, 2.45) is 5.41 Å². The summed E-state index contributed by atoms with van der Waals surface area (Å²) in [5.74, 6) is 5.13. The highest BCUT2D eigenvalue weighted by Gasteiger charge is 2.42. The van der Waals surface area contributed by atoms with E-state index in [-0.39, 0.29) is 48.4 Å². The van der Waals surface area contributed by atoms with Gasteiger partial charge in [-0.3, -0.25) is 0 Å². The molecular formula is C35H41F5N4O3S. The molecule has 48 heavy (non-hydrogen) atoms. The number of hydrogen-bond acceptors (Lipinski definition) is 8. The zero-order valence-electron chi connectivity index (χ0n) is 26.7. The smallest absolute Gasteiger partial charge is 0.393 e. The van der Waals surface area contributed by atoms with Crippen LogP contribution in [-0.2, 0) is 11.2 Å². The maximum Gasteiger partial charge on any atom is 0.393 e. The summed E-state index contributed by atoms with van der Waals surface area (Å²) in [7, 11) is 0. The molecule has 7 nitrogen and oxygen atoms in total. The van der Waals surface area contributed by atoms with Gasteiger partial charge >= 0.3 is 6.18 Å². The zero-order chi connectivity index (χ0) is 33.7. The van der Waals surface area contributed by atoms with Gasteiger partial charge < -0.3 is 35.4 Å². The molecule has 2 aliphatic heterocycles. The molecule has 2 aromatic carbocycles. The van der Waals surface area contributed by atoms with Gasteiger partial charge in [-0.05, 0) is 68.6 Å². The molecule has 1 aliphatic carbocycles. The second-order valence-corrected chi connectivity index (χ2v) is 14.0. The fraction of sp³-hybridized carbons (Fsp3) is 0.543. The zero-order valence-corrected chi connectivity index (χ0v) is 27.5. The molecule has 0 radical (unpaired) electrons. The van der Waals surface area contributed by atoms with Crippen molar-refractivity contribution >= 4 is 38.5 Å². The minimum atomic E-state index is -4.42. The van der Waals surface area contributed by atoms with Crippen molar-refractivity contribution in [3.8, 4) is 17.6 Å². The van der Waals surface area contributed by atoms with Gasteiger partial charge in [0.2, 0.25) is 6.86 Å². The maximum absolute atomic E-state index is 14.6. The lowest BCUT2D eigenvalue weighted by molar-refractivity contribution is -0.143. The number of fused-ring (bicyclic) bond motifs is 1. The van der Waals surface area contributed by atoms with Crippen molar-refractivity contribution in [3.05, 3.63) is 46.6 Å². The number of likely N-dealkylation sites (tertiary alicyclic amines) is 1. The maximum atomic E-state index is 14.6. The third-order valence-corrected chi connectivity index (χ3v) is 10.9. The molecule has 2 saturated heterocycles. The summed E-state index contributed by atoms with van der Waals surface area (Å²) in [6.07, 6.45) is 1.06. The topological polar surface area (TPSA) is 78.0 Å². The van der Waals surface area contributed by atoms with Crippen molar-refractivity contribution in [2.75, 3.05) is 68.8 Å². The van der Waals surface area contributed by atoms with Gasteiger partial charge in [0.25, 0.3) is 0 Å². The van der Waals surface area contributed by atoms with Crippen LogP contribution in [0, 0.1) is 23.1 Å². The summed E-state index contributed by atoms with van der Waals surface area (Å²) in [6, 6.07) is 8.61. The molecule has 1 spiro atoms. The standard InChI is InChI=1S/C35H41F5N4O3S/c36-22-47-31-18-29(42-13-16-45)27(37)17-30(31)41-12-2-5-32-26(19-35(38,39)40)25-3-1-4-28(33(25)48-32)43-23-6-8-24(9-7-23)44-14-10-34(11-15-44)20-46-21-34/h1,3-4,17-18,23-24,41-43,45H,6-16,19-22H2. The molecule has 0 atom stereocenters. The number of thiophene rings is 1. The van der Waals surface area contributed by atoms with Gasteiger partial charge in [0, 0.05) is 36.2 Å². The van der Waals surface area contributed by atoms with Crippen LogP contribution in [-0.4, -0.2) is 81.1 Å². The molecule has 0 unspecified atom stereocenters. The molecule has 3 heterocycles. The average Bonchev–Trinajstić information content (AvgIpc) is 3.39. The van der Waals surface area contributed by atoms with Crippen LogP contribution in [0.1, 0.15) is 49.0 Å². The Kier molecular flexibility index (Phi) is 10.8. The third-order valence-electron chi connectivity index (χ3n) is 9.72. The highest BCUT2D eigenvalue weighted by Crippen LogP contribution is 2.42. The number of piperidine rings is 1. The Bertz CT molecular complexity index is 1620. The highest BCUT2D eigenvalue weighted by atomic mass is 32.1. The molecule has 3 aromatic rings. The molecule has 4 N–H and O–H groups in total. The predicted octanol–water partition coefficient (Wildman–Crippen LogP) is 7.15. The van der Waals surface area contributed by atoms with Gasteiger partial charge in [-0.15, -0.1) is 11.3 Å². The number of nitrogens with one attached hydrogen (secondary N) is 3. The van der Waals surface area contributed by atoms with Gasteiger partial charge in [-0.1, -0.05) is 24.0 Å². The molecule has 1 saturated carbocycles. The second kappa shape index (κ2) is 15.1. The summed E-state index contributed by atoms with van der Waals surface area (Å²) in [5.41, 5.74) is 1.54. The Morgan fingerprint density at radius 1 is 1.04 bits per heavy atom. The summed E-state index contributed by atoms with van der Waals surface area (Å²) >= 11 is 1.23. The van der Waals surface area contributed by atoms with Crippen molar-refractivity contribution in [3.63, 3.8) is 0 Å². The average molecular weight is 693 g/mol. The number of anilines is 3. The minimum Gasteiger partial charge on any atom is -0.461 e. The Morgan fingerprint density at radius 2 is 1.81 bits per heavy atom. The first-order chi connectivity index (χ1) is 23.2. The van der Waals surface area contributed by atoms with E-state index in [2.05, 4.69) is 32.7 Å². The summed E-state index contributed by atoms with van der Waals surface area (Å²) < 4.78 is 80.0. The van der Waals surface area contributed by atoms with Crippen LogP contribution in [0.25, 0.3) is 10.1 Å². The Morgan fingerprint density at radius 3 is 2.48 bits per heavy atom. The normalized spacial score (nSPS) is 21.0. The van der Waals surface area contributed by atoms with E-state index in [0.717, 1.165) is 68.4 Å². The van der Waals surface area contributed by atoms with Crippen molar-refractivity contribution < 1.29 is 36.5 Å². The molecule has 3 fully saturated rings. The van der Waals surface area contributed by atoms with Gasteiger partial charge in [0.05, 0.1) is 59.4 Å². The SMILES string of the molecule is OCCNc1cc(OCF)c(NCC#Cc2sc3c(NC4CCC(N5CCC6(CC5)COC6)CC4)cccc3c2CC(F)(F)F)cc1F. The number of halogens is 5. The molecule has 1 aromatic heterocycles. The molecule has 6 rings (SSSR count). The summed E-state index contributed by atoms with van der Waals surface area (Å²) in [5, 5.41) is 18.7. The van der Waals surface area contributed by atoms with Crippen LogP contribution >= 0.6 is 11.3 Å². The molecule has 0 amide bonds. The number of rotatable bonds is 11. The van der Waals surface area contributed by atoms with E-state index in [0.29, 0.717) is 21.7 Å². The second-order valence-electron chi connectivity index (χ2n) is 12.9. The predicted molar refractivity (Wildman–Crippen MR) is 179 cm³/mol. The van der Waals surface area contributed by atoms with Gasteiger partial charge in [0.15, 0.2) is 0 Å². The number of hydrogen-bond donors (Lipinski definition) is 4. The van der Waals surface area contributed by atoms with E-state index in [1.54, 1.807) is 12.1 Å². The van der Waals surface area contributed by atoms with Gasteiger partial charge in [-0.2, -0.15) is 13.2 Å². The molecule has 13 heteroatoms. The number of aliphatic hydroxyl groups is 1. The number of benzene rings is 2. The van der Waals surface area contributed by atoms with Crippen molar-refractivity contribution in [2.45, 2.75) is 63.2 Å². The first-order valence-electron chi connectivity index (χ1n) is 16.5. The monoisotopic (exact) mass is 692 g/mol.